The molecular formula is C16H19N5O3. The van der Waals surface area contributed by atoms with Gasteiger partial charge in [-0.1, -0.05) is 0 Å². The SMILES string of the molecule is O=C1CCN(N2Cc3cc(N4CCNCC4)ccc3C2=O)C(=O)N1. The summed E-state index contributed by atoms with van der Waals surface area (Å²) in [5.41, 5.74) is 2.64. The Labute approximate surface area is 139 Å². The van der Waals surface area contributed by atoms with Gasteiger partial charge >= 0.3 is 6.03 Å². The first kappa shape index (κ1) is 14.9. The van der Waals surface area contributed by atoms with E-state index in [1.54, 1.807) is 0 Å². The van der Waals surface area contributed by atoms with Gasteiger partial charge in [0.1, 0.15) is 0 Å². The van der Waals surface area contributed by atoms with Gasteiger partial charge in [0.15, 0.2) is 0 Å². The number of fused-ring (bicyclic) bond motifs is 1. The Morgan fingerprint density at radius 2 is 1.75 bits per heavy atom. The van der Waals surface area contributed by atoms with Gasteiger partial charge in [-0.3, -0.25) is 14.9 Å². The Bertz CT molecular complexity index is 714. The second-order valence-electron chi connectivity index (χ2n) is 6.17. The number of anilines is 1. The standard InChI is InChI=1S/C16H19N5O3/c22-14-3-6-20(16(24)18-14)21-10-11-9-12(1-2-13(11)15(21)23)19-7-4-17-5-8-19/h1-2,9,17H,3-8,10H2,(H,18,22,24). The van der Waals surface area contributed by atoms with Gasteiger partial charge in [-0.2, -0.15) is 0 Å². The molecule has 1 aromatic rings. The highest BCUT2D eigenvalue weighted by Gasteiger charge is 2.37. The molecule has 4 amide bonds. The molecule has 24 heavy (non-hydrogen) atoms. The maximum absolute atomic E-state index is 12.6. The minimum Gasteiger partial charge on any atom is -0.369 e. The van der Waals surface area contributed by atoms with Gasteiger partial charge in [-0.15, -0.1) is 0 Å². The number of carbonyl (C=O) groups excluding carboxylic acids is 3. The van der Waals surface area contributed by atoms with E-state index in [1.807, 2.05) is 18.2 Å². The van der Waals surface area contributed by atoms with Gasteiger partial charge in [-0.05, 0) is 23.8 Å². The van der Waals surface area contributed by atoms with Crippen LogP contribution in [0.2, 0.25) is 0 Å². The molecule has 0 spiro atoms. The van der Waals surface area contributed by atoms with Gasteiger partial charge < -0.3 is 10.2 Å². The monoisotopic (exact) mass is 329 g/mol. The lowest BCUT2D eigenvalue weighted by atomic mass is 10.1. The van der Waals surface area contributed by atoms with E-state index in [-0.39, 0.29) is 24.8 Å². The minimum atomic E-state index is -0.533. The van der Waals surface area contributed by atoms with Crippen LogP contribution < -0.4 is 15.5 Å². The molecule has 0 aliphatic carbocycles. The summed E-state index contributed by atoms with van der Waals surface area (Å²) in [5.74, 6) is -0.497. The Balaban J connectivity index is 1.55. The van der Waals surface area contributed by atoms with Gasteiger partial charge in [0.2, 0.25) is 5.91 Å². The average Bonchev–Trinajstić information content (AvgIpc) is 2.92. The maximum atomic E-state index is 12.6. The van der Waals surface area contributed by atoms with Crippen LogP contribution in [-0.4, -0.2) is 60.6 Å². The second kappa shape index (κ2) is 5.79. The van der Waals surface area contributed by atoms with Crippen LogP contribution in [0.4, 0.5) is 10.5 Å². The van der Waals surface area contributed by atoms with Crippen molar-refractivity contribution >= 4 is 23.5 Å². The third-order valence-corrected chi connectivity index (χ3v) is 4.68. The maximum Gasteiger partial charge on any atom is 0.342 e. The molecule has 0 bridgehead atoms. The quantitative estimate of drug-likeness (QED) is 0.792. The molecule has 3 heterocycles. The Morgan fingerprint density at radius 3 is 2.50 bits per heavy atom. The minimum absolute atomic E-state index is 0.193. The Kier molecular flexibility index (Phi) is 3.61. The lowest BCUT2D eigenvalue weighted by molar-refractivity contribution is -0.123. The number of amides is 4. The number of urea groups is 1. The third-order valence-electron chi connectivity index (χ3n) is 4.68. The van der Waals surface area contributed by atoms with Crippen molar-refractivity contribution in [1.29, 1.82) is 0 Å². The van der Waals surface area contributed by atoms with E-state index in [2.05, 4.69) is 15.5 Å². The topological polar surface area (TPSA) is 85.0 Å². The molecule has 0 unspecified atom stereocenters. The summed E-state index contributed by atoms with van der Waals surface area (Å²) in [6, 6.07) is 5.30. The molecule has 126 valence electrons. The van der Waals surface area contributed by atoms with Crippen LogP contribution in [0.1, 0.15) is 22.3 Å². The Hall–Kier alpha value is -2.61. The van der Waals surface area contributed by atoms with Crippen molar-refractivity contribution in [2.24, 2.45) is 0 Å². The first-order chi connectivity index (χ1) is 11.6. The lowest BCUT2D eigenvalue weighted by Crippen LogP contribution is -2.56. The van der Waals surface area contributed by atoms with Gasteiger partial charge in [0.05, 0.1) is 13.1 Å². The van der Waals surface area contributed by atoms with Crippen molar-refractivity contribution in [2.45, 2.75) is 13.0 Å². The molecule has 2 saturated heterocycles. The smallest absolute Gasteiger partial charge is 0.342 e. The number of piperazine rings is 1. The second-order valence-corrected chi connectivity index (χ2v) is 6.17. The molecule has 3 aliphatic heterocycles. The number of carbonyl (C=O) groups is 3. The molecule has 8 heteroatoms. The summed E-state index contributed by atoms with van der Waals surface area (Å²) in [6.07, 6.45) is 0.206. The molecular weight excluding hydrogens is 310 g/mol. The molecule has 4 rings (SSSR count). The van der Waals surface area contributed by atoms with E-state index >= 15 is 0 Å². The highest BCUT2D eigenvalue weighted by Crippen LogP contribution is 2.29. The van der Waals surface area contributed by atoms with E-state index in [1.165, 1.54) is 10.0 Å². The van der Waals surface area contributed by atoms with Crippen LogP contribution in [0, 0.1) is 0 Å². The molecule has 0 radical (unpaired) electrons. The fourth-order valence-corrected chi connectivity index (χ4v) is 3.39. The lowest BCUT2D eigenvalue weighted by Gasteiger charge is -2.33. The van der Waals surface area contributed by atoms with Crippen LogP contribution in [0.15, 0.2) is 18.2 Å². The predicted molar refractivity (Wildman–Crippen MR) is 86.3 cm³/mol. The van der Waals surface area contributed by atoms with Crippen LogP contribution >= 0.6 is 0 Å². The summed E-state index contributed by atoms with van der Waals surface area (Å²) in [6.45, 7) is 4.36. The number of nitrogens with one attached hydrogen (secondary N) is 2. The van der Waals surface area contributed by atoms with E-state index < -0.39 is 6.03 Å². The number of hydrogen-bond donors (Lipinski definition) is 2. The first-order valence-corrected chi connectivity index (χ1v) is 8.15. The van der Waals surface area contributed by atoms with Crippen molar-refractivity contribution in [2.75, 3.05) is 37.6 Å². The highest BCUT2D eigenvalue weighted by atomic mass is 16.2. The summed E-state index contributed by atoms with van der Waals surface area (Å²) in [5, 5.41) is 8.33. The predicted octanol–water partition coefficient (Wildman–Crippen LogP) is -0.0911. The van der Waals surface area contributed by atoms with Crippen LogP contribution in [-0.2, 0) is 11.3 Å². The molecule has 2 fully saturated rings. The largest absolute Gasteiger partial charge is 0.369 e. The number of rotatable bonds is 2. The summed E-state index contributed by atoms with van der Waals surface area (Å²) in [4.78, 5) is 38.2. The summed E-state index contributed by atoms with van der Waals surface area (Å²) in [7, 11) is 0. The number of benzene rings is 1. The van der Waals surface area contributed by atoms with E-state index in [9.17, 15) is 14.4 Å². The number of nitrogens with zero attached hydrogens (tertiary/aromatic N) is 3. The Morgan fingerprint density at radius 1 is 0.958 bits per heavy atom. The number of hydrogen-bond acceptors (Lipinski definition) is 5. The molecule has 0 aromatic heterocycles. The van der Waals surface area contributed by atoms with Crippen LogP contribution in [0.25, 0.3) is 0 Å². The third kappa shape index (κ3) is 2.48. The zero-order valence-electron chi connectivity index (χ0n) is 13.2. The van der Waals surface area contributed by atoms with Crippen molar-refractivity contribution < 1.29 is 14.4 Å². The zero-order chi connectivity index (χ0) is 16.7. The molecule has 2 N–H and O–H groups in total. The molecule has 3 aliphatic rings. The van der Waals surface area contributed by atoms with E-state index in [0.717, 1.165) is 37.4 Å². The van der Waals surface area contributed by atoms with E-state index in [4.69, 9.17) is 0 Å². The molecule has 8 nitrogen and oxygen atoms in total. The fraction of sp³-hybridized carbons (Fsp3) is 0.438. The summed E-state index contributed by atoms with van der Waals surface area (Å²) >= 11 is 0. The van der Waals surface area contributed by atoms with Crippen molar-refractivity contribution in [3.8, 4) is 0 Å². The van der Waals surface area contributed by atoms with Crippen molar-refractivity contribution in [1.82, 2.24) is 20.7 Å². The molecule has 1 aromatic carbocycles. The van der Waals surface area contributed by atoms with Crippen molar-refractivity contribution in [3.63, 3.8) is 0 Å². The number of imide groups is 1. The van der Waals surface area contributed by atoms with Gasteiger partial charge in [-0.25, -0.2) is 14.8 Å². The zero-order valence-corrected chi connectivity index (χ0v) is 13.2. The van der Waals surface area contributed by atoms with Crippen LogP contribution in [0.5, 0.6) is 0 Å². The molecule has 0 saturated carbocycles. The normalized spacial score (nSPS) is 21.2. The van der Waals surface area contributed by atoms with Gasteiger partial charge in [0, 0.05) is 43.9 Å². The van der Waals surface area contributed by atoms with E-state index in [0.29, 0.717) is 12.1 Å². The average molecular weight is 329 g/mol. The van der Waals surface area contributed by atoms with Crippen LogP contribution in [0.3, 0.4) is 0 Å². The van der Waals surface area contributed by atoms with Crippen molar-refractivity contribution in [3.05, 3.63) is 29.3 Å². The first-order valence-electron chi connectivity index (χ1n) is 8.15. The molecule has 0 atom stereocenters. The number of hydrazine groups is 1. The fourth-order valence-electron chi connectivity index (χ4n) is 3.39. The summed E-state index contributed by atoms with van der Waals surface area (Å²) < 4.78 is 0. The highest BCUT2D eigenvalue weighted by molar-refractivity contribution is 6.02. The van der Waals surface area contributed by atoms with Gasteiger partial charge in [0.25, 0.3) is 5.91 Å².